The molecule has 4 aromatic rings. The quantitative estimate of drug-likeness (QED) is 0.300. The van der Waals surface area contributed by atoms with Crippen LogP contribution in [0.2, 0.25) is 0 Å². The number of fused-ring (bicyclic) bond motifs is 1. The van der Waals surface area contributed by atoms with E-state index in [9.17, 15) is 24.2 Å². The normalized spacial score (nSPS) is 20.5. The third kappa shape index (κ3) is 4.99. The summed E-state index contributed by atoms with van der Waals surface area (Å²) >= 11 is 1.17. The highest BCUT2D eigenvalue weighted by molar-refractivity contribution is 7.21. The topological polar surface area (TPSA) is 137 Å². The molecule has 3 atom stereocenters. The Morgan fingerprint density at radius 3 is 2.68 bits per heavy atom. The number of nitrogens with zero attached hydrogens (tertiary/aromatic N) is 6. The van der Waals surface area contributed by atoms with Crippen molar-refractivity contribution in [3.63, 3.8) is 0 Å². The first-order valence-corrected chi connectivity index (χ1v) is 14.0. The van der Waals surface area contributed by atoms with Crippen molar-refractivity contribution in [3.8, 4) is 10.8 Å². The molecule has 14 heteroatoms. The van der Waals surface area contributed by atoms with Crippen molar-refractivity contribution in [2.75, 3.05) is 33.9 Å². The number of aromatic nitrogens is 5. The number of likely N-dealkylation sites (tertiary alicyclic amines) is 1. The number of aryl methyl sites for hydroxylation is 1. The number of methoxy groups -OCH3 is 1. The average molecular weight is 589 g/mol. The number of ether oxygens (including phenoxy) is 2. The van der Waals surface area contributed by atoms with Crippen molar-refractivity contribution >= 4 is 21.6 Å². The summed E-state index contributed by atoms with van der Waals surface area (Å²) in [5, 5.41) is 30.0. The van der Waals surface area contributed by atoms with Crippen LogP contribution in [-0.2, 0) is 16.8 Å². The van der Waals surface area contributed by atoms with E-state index in [0.717, 1.165) is 4.57 Å². The van der Waals surface area contributed by atoms with E-state index in [1.165, 1.54) is 58.4 Å². The largest absolute Gasteiger partial charge is 0.496 e. The van der Waals surface area contributed by atoms with E-state index in [0.29, 0.717) is 46.1 Å². The molecule has 0 radical (unpaired) electrons. The molecule has 2 N–H and O–H groups in total. The first-order chi connectivity index (χ1) is 19.6. The summed E-state index contributed by atoms with van der Waals surface area (Å²) in [5.41, 5.74) is -1.49. The van der Waals surface area contributed by atoms with Gasteiger partial charge in [-0.3, -0.25) is 14.3 Å². The van der Waals surface area contributed by atoms with Gasteiger partial charge in [0, 0.05) is 17.7 Å². The number of thiophene rings is 1. The van der Waals surface area contributed by atoms with E-state index in [2.05, 4.69) is 10.2 Å². The van der Waals surface area contributed by atoms with Crippen LogP contribution in [0.1, 0.15) is 37.0 Å². The highest BCUT2D eigenvalue weighted by Crippen LogP contribution is 2.36. The number of likely N-dealkylation sites (N-methyl/N-ethyl adjacent to an activating group) is 1. The van der Waals surface area contributed by atoms with Gasteiger partial charge in [-0.25, -0.2) is 13.8 Å². The molecule has 12 nitrogen and oxygen atoms in total. The lowest BCUT2D eigenvalue weighted by atomic mass is 9.88. The summed E-state index contributed by atoms with van der Waals surface area (Å²) in [6.45, 7) is 3.56. The van der Waals surface area contributed by atoms with Crippen LogP contribution in [-0.4, -0.2) is 79.4 Å². The Morgan fingerprint density at radius 1 is 1.27 bits per heavy atom. The molecule has 0 bridgehead atoms. The van der Waals surface area contributed by atoms with Crippen molar-refractivity contribution in [3.05, 3.63) is 68.4 Å². The van der Waals surface area contributed by atoms with Gasteiger partial charge >= 0.3 is 5.69 Å². The van der Waals surface area contributed by atoms with E-state index in [-0.39, 0.29) is 25.1 Å². The predicted octanol–water partition coefficient (Wildman–Crippen LogP) is 1.77. The molecule has 0 amide bonds. The molecule has 0 spiro atoms. The van der Waals surface area contributed by atoms with Crippen molar-refractivity contribution in [1.29, 1.82) is 0 Å². The molecule has 4 heterocycles. The molecule has 0 aliphatic carbocycles. The number of hydrogen-bond acceptors (Lipinski definition) is 10. The third-order valence-corrected chi connectivity index (χ3v) is 9.04. The monoisotopic (exact) mass is 588 g/mol. The average Bonchev–Trinajstić information content (AvgIpc) is 3.59. The molecule has 1 fully saturated rings. The minimum Gasteiger partial charge on any atom is -0.496 e. The van der Waals surface area contributed by atoms with E-state index in [4.69, 9.17) is 9.47 Å². The van der Waals surface area contributed by atoms with Crippen molar-refractivity contribution in [1.82, 2.24) is 29.0 Å². The van der Waals surface area contributed by atoms with Crippen LogP contribution >= 0.6 is 11.3 Å². The number of halogens is 1. The summed E-state index contributed by atoms with van der Waals surface area (Å²) in [6.07, 6.45) is 2.07. The van der Waals surface area contributed by atoms with E-state index < -0.39 is 34.9 Å². The van der Waals surface area contributed by atoms with Crippen LogP contribution in [0.5, 0.6) is 5.75 Å². The molecule has 41 heavy (non-hydrogen) atoms. The Balaban J connectivity index is 1.80. The second-order valence-corrected chi connectivity index (χ2v) is 11.3. The van der Waals surface area contributed by atoms with E-state index >= 15 is 0 Å². The maximum absolute atomic E-state index is 14.4. The lowest BCUT2D eigenvalue weighted by molar-refractivity contribution is -0.0964. The first kappa shape index (κ1) is 29.1. The van der Waals surface area contributed by atoms with Gasteiger partial charge in [0.1, 0.15) is 33.7 Å². The maximum atomic E-state index is 14.4. The van der Waals surface area contributed by atoms with Gasteiger partial charge in [-0.15, -0.1) is 4.80 Å². The molecular weight excluding hydrogens is 555 g/mol. The van der Waals surface area contributed by atoms with Gasteiger partial charge < -0.3 is 19.7 Å². The fraction of sp³-hybridized carbons (Fsp3) is 0.481. The molecule has 1 aliphatic rings. The highest BCUT2D eigenvalue weighted by atomic mass is 32.1. The van der Waals surface area contributed by atoms with Crippen molar-refractivity contribution in [2.24, 2.45) is 0 Å². The molecule has 1 aliphatic heterocycles. The van der Waals surface area contributed by atoms with E-state index in [1.54, 1.807) is 25.8 Å². The van der Waals surface area contributed by atoms with Crippen molar-refractivity contribution < 1.29 is 24.1 Å². The van der Waals surface area contributed by atoms with E-state index in [1.807, 2.05) is 0 Å². The molecule has 1 aromatic carbocycles. The van der Waals surface area contributed by atoms with Gasteiger partial charge in [-0.2, -0.15) is 10.2 Å². The zero-order valence-electron chi connectivity index (χ0n) is 23.3. The summed E-state index contributed by atoms with van der Waals surface area (Å²) in [7, 11) is 3.19. The fourth-order valence-corrected chi connectivity index (χ4v) is 6.88. The molecule has 1 unspecified atom stereocenters. The lowest BCUT2D eigenvalue weighted by Crippen LogP contribution is -2.62. The summed E-state index contributed by atoms with van der Waals surface area (Å²) in [4.78, 5) is 32.0. The van der Waals surface area contributed by atoms with Gasteiger partial charge in [0.05, 0.1) is 50.2 Å². The second kappa shape index (κ2) is 11.4. The van der Waals surface area contributed by atoms with Crippen LogP contribution < -0.4 is 16.0 Å². The van der Waals surface area contributed by atoms with Crippen LogP contribution in [0.4, 0.5) is 4.39 Å². The van der Waals surface area contributed by atoms with Gasteiger partial charge in [-0.1, -0.05) is 11.3 Å². The summed E-state index contributed by atoms with van der Waals surface area (Å²) in [5.74, 6) is -0.187. The van der Waals surface area contributed by atoms with Crippen LogP contribution in [0.15, 0.2) is 40.2 Å². The number of piperidine rings is 1. The molecular formula is C27H33FN6O6S. The van der Waals surface area contributed by atoms with Crippen LogP contribution in [0.3, 0.4) is 0 Å². The number of rotatable bonds is 9. The number of benzene rings is 1. The molecule has 1 saturated heterocycles. The number of aliphatic hydroxyl groups excluding tert-OH is 2. The second-order valence-electron chi connectivity index (χ2n) is 10.3. The minimum atomic E-state index is -1.23. The fourth-order valence-electron chi connectivity index (χ4n) is 5.66. The maximum Gasteiger partial charge on any atom is 0.332 e. The van der Waals surface area contributed by atoms with Crippen molar-refractivity contribution in [2.45, 2.75) is 51.1 Å². The number of hydrogen-bond donors (Lipinski definition) is 2. The van der Waals surface area contributed by atoms with Gasteiger partial charge in [0.15, 0.2) is 0 Å². The zero-order chi connectivity index (χ0) is 29.5. The molecule has 5 rings (SSSR count). The Bertz CT molecular complexity index is 1670. The minimum absolute atomic E-state index is 0.0883. The third-order valence-electron chi connectivity index (χ3n) is 7.76. The SMILES string of the molecule is COc1ccc(F)cc1[C@H](Cn1c(=O)n([C@@]2(C)CCCN(C)C2O)c(=O)c2c(C)c(-n3nccn3)sc21)OCCO. The predicted molar refractivity (Wildman–Crippen MR) is 150 cm³/mol. The van der Waals surface area contributed by atoms with Gasteiger partial charge in [0.25, 0.3) is 5.56 Å². The van der Waals surface area contributed by atoms with Gasteiger partial charge in [0.2, 0.25) is 0 Å². The highest BCUT2D eigenvalue weighted by Gasteiger charge is 2.43. The lowest BCUT2D eigenvalue weighted by Gasteiger charge is -2.44. The summed E-state index contributed by atoms with van der Waals surface area (Å²) < 4.78 is 28.4. The van der Waals surface area contributed by atoms with Crippen LogP contribution in [0.25, 0.3) is 15.2 Å². The standard InChI is InChI=1S/C27H33FN6O6S/c1-16-21-22(36)33(27(2)8-5-11-31(3)25(27)37)26(38)32(24(21)41-23(16)34-29-9-10-30-34)15-20(40-13-12-35)18-14-17(28)6-7-19(18)39-4/h6-7,9-10,14,20,25,35,37H,5,8,11-13,15H2,1-4H3/t20-,25?,27-/m0/s1. The molecule has 0 saturated carbocycles. The number of aliphatic hydroxyl groups is 2. The Kier molecular flexibility index (Phi) is 8.12. The first-order valence-electron chi connectivity index (χ1n) is 13.2. The zero-order valence-corrected chi connectivity index (χ0v) is 24.1. The smallest absolute Gasteiger partial charge is 0.332 e. The Hall–Kier alpha value is -3.43. The van der Waals surface area contributed by atoms with Gasteiger partial charge in [-0.05, 0) is 51.9 Å². The Morgan fingerprint density at radius 2 is 2.00 bits per heavy atom. The van der Waals surface area contributed by atoms with Crippen LogP contribution in [0, 0.1) is 12.7 Å². The summed E-state index contributed by atoms with van der Waals surface area (Å²) in [6, 6.07) is 3.98. The molecule has 220 valence electrons. The molecule has 3 aromatic heterocycles. The Labute approximate surface area is 238 Å².